The van der Waals surface area contributed by atoms with E-state index in [9.17, 15) is 4.79 Å². The Labute approximate surface area is 180 Å². The molecule has 0 spiro atoms. The third-order valence-electron chi connectivity index (χ3n) is 5.29. The third kappa shape index (κ3) is 4.45. The Hall–Kier alpha value is -3.62. The molecule has 162 valence electrons. The van der Waals surface area contributed by atoms with Crippen LogP contribution in [0.5, 0.6) is 17.4 Å². The molecule has 0 radical (unpaired) electrons. The number of nitrogens with zero attached hydrogens (tertiary/aromatic N) is 5. The number of benzene rings is 1. The average Bonchev–Trinajstić information content (AvgIpc) is 3.20. The molecule has 1 amide bonds. The lowest BCUT2D eigenvalue weighted by molar-refractivity contribution is 0.0518. The van der Waals surface area contributed by atoms with Crippen LogP contribution in [0.3, 0.4) is 0 Å². The fourth-order valence-corrected chi connectivity index (χ4v) is 3.71. The molecule has 0 N–H and O–H groups in total. The lowest BCUT2D eigenvalue weighted by Gasteiger charge is -2.32. The van der Waals surface area contributed by atoms with Gasteiger partial charge in [-0.1, -0.05) is 0 Å². The van der Waals surface area contributed by atoms with Crippen LogP contribution in [0.25, 0.3) is 11.3 Å². The number of carbonyl (C=O) groups is 1. The molecule has 2 aromatic heterocycles. The smallest absolute Gasteiger partial charge is 0.272 e. The van der Waals surface area contributed by atoms with E-state index in [0.717, 1.165) is 18.4 Å². The SMILES string of the molecule is COc1ccc(OC)c(-c2cc(C(=O)N3CCCC(Oc4ccncn4)C3)n(C)n2)c1. The molecular formula is C22H25N5O4. The number of ether oxygens (including phenoxy) is 3. The van der Waals surface area contributed by atoms with Gasteiger partial charge in [-0.25, -0.2) is 9.97 Å². The van der Waals surface area contributed by atoms with E-state index in [-0.39, 0.29) is 12.0 Å². The Morgan fingerprint density at radius 3 is 2.77 bits per heavy atom. The first-order chi connectivity index (χ1) is 15.1. The van der Waals surface area contributed by atoms with Gasteiger partial charge in [-0.3, -0.25) is 9.48 Å². The highest BCUT2D eigenvalue weighted by molar-refractivity contribution is 5.94. The summed E-state index contributed by atoms with van der Waals surface area (Å²) in [5.74, 6) is 1.78. The third-order valence-corrected chi connectivity index (χ3v) is 5.29. The molecule has 1 unspecified atom stereocenters. The van der Waals surface area contributed by atoms with Crippen molar-refractivity contribution in [1.29, 1.82) is 0 Å². The Balaban J connectivity index is 1.54. The minimum absolute atomic E-state index is 0.0842. The summed E-state index contributed by atoms with van der Waals surface area (Å²) in [4.78, 5) is 23.1. The highest BCUT2D eigenvalue weighted by Gasteiger charge is 2.28. The maximum Gasteiger partial charge on any atom is 0.272 e. The number of likely N-dealkylation sites (tertiary alicyclic amines) is 1. The molecule has 31 heavy (non-hydrogen) atoms. The molecule has 1 saturated heterocycles. The monoisotopic (exact) mass is 423 g/mol. The number of rotatable bonds is 6. The van der Waals surface area contributed by atoms with Crippen molar-refractivity contribution in [2.24, 2.45) is 7.05 Å². The van der Waals surface area contributed by atoms with Gasteiger partial charge < -0.3 is 19.1 Å². The molecule has 1 fully saturated rings. The molecular weight excluding hydrogens is 398 g/mol. The maximum absolute atomic E-state index is 13.3. The molecule has 3 heterocycles. The van der Waals surface area contributed by atoms with Crippen LogP contribution in [0.2, 0.25) is 0 Å². The van der Waals surface area contributed by atoms with Crippen molar-refractivity contribution in [3.8, 4) is 28.6 Å². The molecule has 9 nitrogen and oxygen atoms in total. The summed E-state index contributed by atoms with van der Waals surface area (Å²) in [6, 6.07) is 9.00. The minimum atomic E-state index is -0.112. The second kappa shape index (κ2) is 9.03. The van der Waals surface area contributed by atoms with Crippen molar-refractivity contribution in [2.75, 3.05) is 27.3 Å². The number of hydrogen-bond acceptors (Lipinski definition) is 7. The summed E-state index contributed by atoms with van der Waals surface area (Å²) in [7, 11) is 4.98. The van der Waals surface area contributed by atoms with Gasteiger partial charge in [-0.15, -0.1) is 0 Å². The van der Waals surface area contributed by atoms with E-state index in [4.69, 9.17) is 14.2 Å². The van der Waals surface area contributed by atoms with Gasteiger partial charge in [0.05, 0.1) is 26.5 Å². The number of hydrogen-bond donors (Lipinski definition) is 0. The number of aromatic nitrogens is 4. The van der Waals surface area contributed by atoms with Gasteiger partial charge in [0, 0.05) is 31.4 Å². The summed E-state index contributed by atoms with van der Waals surface area (Å²) in [6.45, 7) is 1.16. The predicted octanol–water partition coefficient (Wildman–Crippen LogP) is 2.58. The highest BCUT2D eigenvalue weighted by Crippen LogP contribution is 2.33. The summed E-state index contributed by atoms with van der Waals surface area (Å²) >= 11 is 0. The fourth-order valence-electron chi connectivity index (χ4n) is 3.71. The lowest BCUT2D eigenvalue weighted by atomic mass is 10.1. The summed E-state index contributed by atoms with van der Waals surface area (Å²) in [6.07, 6.45) is 4.70. The Morgan fingerprint density at radius 2 is 2.03 bits per heavy atom. The number of amides is 1. The highest BCUT2D eigenvalue weighted by atomic mass is 16.5. The molecule has 0 bridgehead atoms. The van der Waals surface area contributed by atoms with Gasteiger partial charge in [0.25, 0.3) is 5.91 Å². The van der Waals surface area contributed by atoms with Crippen molar-refractivity contribution in [3.63, 3.8) is 0 Å². The predicted molar refractivity (Wildman–Crippen MR) is 113 cm³/mol. The van der Waals surface area contributed by atoms with E-state index in [2.05, 4.69) is 15.1 Å². The zero-order valence-electron chi connectivity index (χ0n) is 17.8. The standard InChI is InChI=1S/C22H25N5O4/c1-26-19(12-18(25-26)17-11-15(29-2)6-7-20(17)30-3)22(28)27-10-4-5-16(13-27)31-21-8-9-23-14-24-21/h6-9,11-12,14,16H,4-5,10,13H2,1-3H3. The number of piperidine rings is 1. The van der Waals surface area contributed by atoms with Crippen LogP contribution in [0, 0.1) is 0 Å². The first-order valence-electron chi connectivity index (χ1n) is 10.1. The minimum Gasteiger partial charge on any atom is -0.497 e. The van der Waals surface area contributed by atoms with Crippen LogP contribution >= 0.6 is 0 Å². The van der Waals surface area contributed by atoms with Gasteiger partial charge in [0.2, 0.25) is 5.88 Å². The number of aryl methyl sites for hydroxylation is 1. The van der Waals surface area contributed by atoms with Crippen LogP contribution in [-0.2, 0) is 7.05 Å². The first kappa shape index (κ1) is 20.6. The molecule has 1 aromatic carbocycles. The average molecular weight is 423 g/mol. The molecule has 0 saturated carbocycles. The van der Waals surface area contributed by atoms with Crippen molar-refractivity contribution in [2.45, 2.75) is 18.9 Å². The van der Waals surface area contributed by atoms with Crippen LogP contribution < -0.4 is 14.2 Å². The molecule has 1 aliphatic rings. The van der Waals surface area contributed by atoms with Crippen LogP contribution in [0.4, 0.5) is 0 Å². The second-order valence-electron chi connectivity index (χ2n) is 7.29. The van der Waals surface area contributed by atoms with E-state index < -0.39 is 0 Å². The van der Waals surface area contributed by atoms with Crippen LogP contribution in [0.15, 0.2) is 42.9 Å². The molecule has 1 aliphatic heterocycles. The number of carbonyl (C=O) groups excluding carboxylic acids is 1. The molecule has 4 rings (SSSR count). The Morgan fingerprint density at radius 1 is 1.16 bits per heavy atom. The Kier molecular flexibility index (Phi) is 6.01. The van der Waals surface area contributed by atoms with Crippen LogP contribution in [0.1, 0.15) is 23.3 Å². The van der Waals surface area contributed by atoms with Gasteiger partial charge in [-0.2, -0.15) is 5.10 Å². The van der Waals surface area contributed by atoms with Gasteiger partial charge in [-0.05, 0) is 37.1 Å². The fraction of sp³-hybridized carbons (Fsp3) is 0.364. The van der Waals surface area contributed by atoms with Crippen molar-refractivity contribution < 1.29 is 19.0 Å². The van der Waals surface area contributed by atoms with Gasteiger partial charge in [0.15, 0.2) is 0 Å². The van der Waals surface area contributed by atoms with Crippen molar-refractivity contribution in [3.05, 3.63) is 48.5 Å². The summed E-state index contributed by atoms with van der Waals surface area (Å²) < 4.78 is 18.3. The molecule has 9 heteroatoms. The largest absolute Gasteiger partial charge is 0.497 e. The van der Waals surface area contributed by atoms with E-state index >= 15 is 0 Å². The van der Waals surface area contributed by atoms with E-state index in [1.54, 1.807) is 49.2 Å². The quantitative estimate of drug-likeness (QED) is 0.602. The van der Waals surface area contributed by atoms with Gasteiger partial charge >= 0.3 is 0 Å². The van der Waals surface area contributed by atoms with Crippen LogP contribution in [-0.4, -0.2) is 64.0 Å². The van der Waals surface area contributed by atoms with E-state index in [1.807, 2.05) is 18.2 Å². The van der Waals surface area contributed by atoms with Crippen molar-refractivity contribution >= 4 is 5.91 Å². The van der Waals surface area contributed by atoms with Gasteiger partial charge in [0.1, 0.15) is 29.6 Å². The van der Waals surface area contributed by atoms with Crippen molar-refractivity contribution in [1.82, 2.24) is 24.6 Å². The summed E-state index contributed by atoms with van der Waals surface area (Å²) in [5, 5.41) is 4.55. The number of methoxy groups -OCH3 is 2. The second-order valence-corrected chi connectivity index (χ2v) is 7.29. The molecule has 1 atom stereocenters. The molecule has 0 aliphatic carbocycles. The maximum atomic E-state index is 13.3. The molecule has 3 aromatic rings. The normalized spacial score (nSPS) is 16.1. The first-order valence-corrected chi connectivity index (χ1v) is 10.1. The lowest BCUT2D eigenvalue weighted by Crippen LogP contribution is -2.45. The summed E-state index contributed by atoms with van der Waals surface area (Å²) in [5.41, 5.74) is 1.91. The topological polar surface area (TPSA) is 91.6 Å². The zero-order chi connectivity index (χ0) is 21.8. The zero-order valence-corrected chi connectivity index (χ0v) is 17.8. The Bertz CT molecular complexity index is 1050. The van der Waals surface area contributed by atoms with E-state index in [1.165, 1.54) is 6.33 Å². The van der Waals surface area contributed by atoms with E-state index in [0.29, 0.717) is 41.9 Å².